The molecule has 3 heteroatoms. The third-order valence-corrected chi connectivity index (χ3v) is 2.21. The van der Waals surface area contributed by atoms with Crippen LogP contribution in [0.5, 0.6) is 0 Å². The van der Waals surface area contributed by atoms with Gasteiger partial charge in [-0.3, -0.25) is 0 Å². The number of aromatic nitrogens is 2. The third-order valence-electron chi connectivity index (χ3n) is 2.21. The molecule has 13 heavy (non-hydrogen) atoms. The molecular weight excluding hydrogens is 162 g/mol. The molecule has 1 aromatic heterocycles. The van der Waals surface area contributed by atoms with Gasteiger partial charge >= 0.3 is 0 Å². The Bertz CT molecular complexity index is 252. The zero-order valence-corrected chi connectivity index (χ0v) is 8.91. The van der Waals surface area contributed by atoms with Crippen LogP contribution < -0.4 is 5.32 Å². The summed E-state index contributed by atoms with van der Waals surface area (Å²) in [6.45, 7) is 8.65. The topological polar surface area (TPSA) is 29.9 Å². The Morgan fingerprint density at radius 3 is 2.69 bits per heavy atom. The molecule has 0 spiro atoms. The molecule has 1 unspecified atom stereocenters. The van der Waals surface area contributed by atoms with Gasteiger partial charge in [0, 0.05) is 24.5 Å². The van der Waals surface area contributed by atoms with Crippen LogP contribution in [-0.2, 0) is 0 Å². The molecule has 1 atom stereocenters. The molecule has 0 bridgehead atoms. The molecule has 1 N–H and O–H groups in total. The zero-order valence-electron chi connectivity index (χ0n) is 8.91. The molecular formula is C10H19N3. The highest BCUT2D eigenvalue weighted by molar-refractivity contribution is 5.27. The highest BCUT2D eigenvalue weighted by atomic mass is 15.2. The van der Waals surface area contributed by atoms with Gasteiger partial charge in [-0.05, 0) is 27.2 Å². The quantitative estimate of drug-likeness (QED) is 0.774. The fourth-order valence-electron chi connectivity index (χ4n) is 1.16. The summed E-state index contributed by atoms with van der Waals surface area (Å²) >= 11 is 0. The molecule has 0 radical (unpaired) electrons. The average Bonchev–Trinajstić information content (AvgIpc) is 2.52. The van der Waals surface area contributed by atoms with E-state index in [1.165, 1.54) is 0 Å². The SMILES string of the molecule is CCC(C)Nc1nccn1C(C)C. The Balaban J connectivity index is 2.70. The van der Waals surface area contributed by atoms with Crippen molar-refractivity contribution in [3.05, 3.63) is 12.4 Å². The number of nitrogens with one attached hydrogen (secondary N) is 1. The summed E-state index contributed by atoms with van der Waals surface area (Å²) in [4.78, 5) is 4.28. The molecule has 3 nitrogen and oxygen atoms in total. The van der Waals surface area contributed by atoms with Gasteiger partial charge in [-0.2, -0.15) is 0 Å². The Labute approximate surface area is 80.2 Å². The number of rotatable bonds is 4. The van der Waals surface area contributed by atoms with E-state index in [9.17, 15) is 0 Å². The summed E-state index contributed by atoms with van der Waals surface area (Å²) in [7, 11) is 0. The van der Waals surface area contributed by atoms with Crippen LogP contribution in [0.3, 0.4) is 0 Å². The van der Waals surface area contributed by atoms with Crippen LogP contribution in [0.2, 0.25) is 0 Å². The van der Waals surface area contributed by atoms with E-state index in [1.54, 1.807) is 0 Å². The second kappa shape index (κ2) is 4.30. The van der Waals surface area contributed by atoms with Crippen LogP contribution in [0.1, 0.15) is 40.2 Å². The van der Waals surface area contributed by atoms with Crippen molar-refractivity contribution in [3.63, 3.8) is 0 Å². The molecule has 1 rings (SSSR count). The van der Waals surface area contributed by atoms with Crippen molar-refractivity contribution < 1.29 is 0 Å². The predicted molar refractivity (Wildman–Crippen MR) is 56.0 cm³/mol. The van der Waals surface area contributed by atoms with Gasteiger partial charge in [-0.25, -0.2) is 4.98 Å². The van der Waals surface area contributed by atoms with Gasteiger partial charge in [-0.15, -0.1) is 0 Å². The predicted octanol–water partition coefficient (Wildman–Crippen LogP) is 2.67. The van der Waals surface area contributed by atoms with Gasteiger partial charge in [0.15, 0.2) is 0 Å². The minimum absolute atomic E-state index is 0.467. The van der Waals surface area contributed by atoms with Crippen molar-refractivity contribution in [2.75, 3.05) is 5.32 Å². The van der Waals surface area contributed by atoms with E-state index in [4.69, 9.17) is 0 Å². The highest BCUT2D eigenvalue weighted by Gasteiger charge is 2.07. The lowest BCUT2D eigenvalue weighted by Gasteiger charge is -2.16. The van der Waals surface area contributed by atoms with E-state index in [0.717, 1.165) is 12.4 Å². The average molecular weight is 181 g/mol. The number of hydrogen-bond acceptors (Lipinski definition) is 2. The van der Waals surface area contributed by atoms with Crippen molar-refractivity contribution in [1.29, 1.82) is 0 Å². The number of anilines is 1. The van der Waals surface area contributed by atoms with Gasteiger partial charge in [0.2, 0.25) is 5.95 Å². The summed E-state index contributed by atoms with van der Waals surface area (Å²) < 4.78 is 2.14. The zero-order chi connectivity index (χ0) is 9.84. The smallest absolute Gasteiger partial charge is 0.203 e. The Morgan fingerprint density at radius 2 is 2.15 bits per heavy atom. The monoisotopic (exact) mass is 181 g/mol. The van der Waals surface area contributed by atoms with Crippen LogP contribution in [-0.4, -0.2) is 15.6 Å². The van der Waals surface area contributed by atoms with Crippen LogP contribution >= 0.6 is 0 Å². The first-order chi connectivity index (χ1) is 6.15. The molecule has 1 aromatic rings. The molecule has 0 aliphatic carbocycles. The van der Waals surface area contributed by atoms with E-state index >= 15 is 0 Å². The first-order valence-electron chi connectivity index (χ1n) is 4.94. The standard InChI is InChI=1S/C10H19N3/c1-5-9(4)12-10-11-6-7-13(10)8(2)3/h6-9H,5H2,1-4H3,(H,11,12). The van der Waals surface area contributed by atoms with Crippen molar-refractivity contribution >= 4 is 5.95 Å². The normalized spacial score (nSPS) is 13.3. The number of nitrogens with zero attached hydrogens (tertiary/aromatic N) is 2. The minimum Gasteiger partial charge on any atom is -0.353 e. The fraction of sp³-hybridized carbons (Fsp3) is 0.700. The van der Waals surface area contributed by atoms with E-state index in [1.807, 2.05) is 12.4 Å². The largest absolute Gasteiger partial charge is 0.353 e. The molecule has 1 heterocycles. The second-order valence-corrected chi connectivity index (χ2v) is 3.71. The van der Waals surface area contributed by atoms with Gasteiger partial charge in [0.1, 0.15) is 0 Å². The fourth-order valence-corrected chi connectivity index (χ4v) is 1.16. The number of hydrogen-bond donors (Lipinski definition) is 1. The van der Waals surface area contributed by atoms with Crippen molar-refractivity contribution in [2.24, 2.45) is 0 Å². The van der Waals surface area contributed by atoms with E-state index < -0.39 is 0 Å². The Morgan fingerprint density at radius 1 is 1.46 bits per heavy atom. The maximum atomic E-state index is 4.28. The summed E-state index contributed by atoms with van der Waals surface area (Å²) in [5.41, 5.74) is 0. The molecule has 0 saturated carbocycles. The summed E-state index contributed by atoms with van der Waals surface area (Å²) in [6, 6.07) is 0.953. The molecule has 0 aliphatic rings. The third kappa shape index (κ3) is 2.47. The molecule has 0 saturated heterocycles. The first kappa shape index (κ1) is 10.1. The molecule has 0 aromatic carbocycles. The highest BCUT2D eigenvalue weighted by Crippen LogP contribution is 2.13. The Kier molecular flexibility index (Phi) is 3.34. The summed E-state index contributed by atoms with van der Waals surface area (Å²) in [6.07, 6.45) is 4.96. The van der Waals surface area contributed by atoms with Crippen LogP contribution in [0.15, 0.2) is 12.4 Å². The Hall–Kier alpha value is -0.990. The molecule has 0 aliphatic heterocycles. The van der Waals surface area contributed by atoms with Gasteiger partial charge in [-0.1, -0.05) is 6.92 Å². The van der Waals surface area contributed by atoms with Crippen molar-refractivity contribution in [1.82, 2.24) is 9.55 Å². The molecule has 0 fully saturated rings. The van der Waals surface area contributed by atoms with Crippen LogP contribution in [0.25, 0.3) is 0 Å². The van der Waals surface area contributed by atoms with Crippen molar-refractivity contribution in [2.45, 2.75) is 46.2 Å². The van der Waals surface area contributed by atoms with Gasteiger partial charge in [0.25, 0.3) is 0 Å². The van der Waals surface area contributed by atoms with Crippen molar-refractivity contribution in [3.8, 4) is 0 Å². The van der Waals surface area contributed by atoms with E-state index in [-0.39, 0.29) is 0 Å². The molecule has 0 amide bonds. The van der Waals surface area contributed by atoms with Crippen LogP contribution in [0, 0.1) is 0 Å². The lowest BCUT2D eigenvalue weighted by atomic mass is 10.3. The van der Waals surface area contributed by atoms with Crippen LogP contribution in [0.4, 0.5) is 5.95 Å². The first-order valence-corrected chi connectivity index (χ1v) is 4.94. The maximum Gasteiger partial charge on any atom is 0.203 e. The second-order valence-electron chi connectivity index (χ2n) is 3.71. The minimum atomic E-state index is 0.467. The van der Waals surface area contributed by atoms with Gasteiger partial charge < -0.3 is 9.88 Å². The summed E-state index contributed by atoms with van der Waals surface area (Å²) in [5.74, 6) is 0.976. The lowest BCUT2D eigenvalue weighted by Crippen LogP contribution is -2.17. The lowest BCUT2D eigenvalue weighted by molar-refractivity contribution is 0.597. The van der Waals surface area contributed by atoms with E-state index in [0.29, 0.717) is 12.1 Å². The number of imidazole rings is 1. The maximum absolute atomic E-state index is 4.28. The molecule has 74 valence electrons. The van der Waals surface area contributed by atoms with E-state index in [2.05, 4.69) is 42.6 Å². The van der Waals surface area contributed by atoms with Gasteiger partial charge in [0.05, 0.1) is 0 Å². The summed E-state index contributed by atoms with van der Waals surface area (Å²) in [5, 5.41) is 3.37.